The summed E-state index contributed by atoms with van der Waals surface area (Å²) >= 11 is 0. The summed E-state index contributed by atoms with van der Waals surface area (Å²) in [5.41, 5.74) is 4.96. The average molecular weight is 409 g/mol. The van der Waals surface area contributed by atoms with Crippen molar-refractivity contribution < 1.29 is 18.8 Å². The Kier molecular flexibility index (Phi) is 5.55. The molecule has 30 heavy (non-hydrogen) atoms. The van der Waals surface area contributed by atoms with E-state index in [0.717, 1.165) is 35.5 Å². The number of carbonyl (C=O) groups excluding carboxylic acids is 1. The van der Waals surface area contributed by atoms with Crippen molar-refractivity contribution in [2.45, 2.75) is 25.7 Å². The Bertz CT molecular complexity index is 1060. The number of halogens is 2. The van der Waals surface area contributed by atoms with Crippen LogP contribution in [0, 0.1) is 23.5 Å². The van der Waals surface area contributed by atoms with Crippen molar-refractivity contribution in [3.63, 3.8) is 0 Å². The fourth-order valence-electron chi connectivity index (χ4n) is 4.24. The lowest BCUT2D eigenvalue weighted by Gasteiger charge is -2.07. The molecule has 3 atom stereocenters. The summed E-state index contributed by atoms with van der Waals surface area (Å²) in [6.45, 7) is 2.02. The van der Waals surface area contributed by atoms with E-state index in [1.54, 1.807) is 23.7 Å². The number of amides is 1. The first-order valence-electron chi connectivity index (χ1n) is 9.81. The third-order valence-corrected chi connectivity index (χ3v) is 5.78. The van der Waals surface area contributed by atoms with E-state index in [9.17, 15) is 13.6 Å². The molecular formula is C23H21F2N3O2. The van der Waals surface area contributed by atoms with Crippen molar-refractivity contribution in [3.8, 4) is 0 Å². The van der Waals surface area contributed by atoms with Gasteiger partial charge >= 0.3 is 0 Å². The van der Waals surface area contributed by atoms with Crippen LogP contribution in [0.2, 0.25) is 0 Å². The minimum atomic E-state index is -0.559. The third kappa shape index (κ3) is 3.68. The second-order valence-electron chi connectivity index (χ2n) is 7.41. The topological polar surface area (TPSA) is 75.1 Å². The molecule has 0 saturated heterocycles. The monoisotopic (exact) mass is 409 g/mol. The Morgan fingerprint density at radius 3 is 2.57 bits per heavy atom. The van der Waals surface area contributed by atoms with Crippen LogP contribution in [-0.4, -0.2) is 21.1 Å². The molecular weight excluding hydrogens is 388 g/mol. The predicted octanol–water partition coefficient (Wildman–Crippen LogP) is 4.34. The molecule has 0 bridgehead atoms. The second-order valence-corrected chi connectivity index (χ2v) is 7.41. The summed E-state index contributed by atoms with van der Waals surface area (Å²) in [5, 5.41) is 9.16. The SMILES string of the molecule is CCC1=C(c2ncc(F)cn2)C=CC(C2C(C(=O)NO)C2c2ccccc2F)=CC1. The Balaban J connectivity index is 1.66. The van der Waals surface area contributed by atoms with Gasteiger partial charge in [0.1, 0.15) is 5.82 Å². The molecule has 1 aromatic carbocycles. The maximum atomic E-state index is 14.4. The minimum absolute atomic E-state index is 0.253. The molecule has 1 amide bonds. The van der Waals surface area contributed by atoms with E-state index in [4.69, 9.17) is 5.21 Å². The highest BCUT2D eigenvalue weighted by molar-refractivity contribution is 5.84. The Hall–Kier alpha value is -3.19. The molecule has 2 aliphatic rings. The molecule has 1 heterocycles. The van der Waals surface area contributed by atoms with Crippen LogP contribution in [0.4, 0.5) is 8.78 Å². The van der Waals surface area contributed by atoms with Gasteiger partial charge in [-0.25, -0.2) is 24.2 Å². The van der Waals surface area contributed by atoms with Crippen LogP contribution in [0.25, 0.3) is 5.57 Å². The van der Waals surface area contributed by atoms with Crippen molar-refractivity contribution >= 4 is 11.5 Å². The number of aromatic nitrogens is 2. The molecule has 0 radical (unpaired) electrons. The number of allylic oxidation sites excluding steroid dienone is 6. The van der Waals surface area contributed by atoms with Gasteiger partial charge in [-0.1, -0.05) is 48.9 Å². The van der Waals surface area contributed by atoms with Crippen molar-refractivity contribution in [2.24, 2.45) is 11.8 Å². The number of nitrogens with zero attached hydrogens (tertiary/aromatic N) is 2. The standard InChI is InChI=1S/C23H21F2N3O2/c1-2-13-7-8-14(9-10-16(13)22-26-11-15(24)12-27-22)19-20(21(19)23(29)28-30)17-5-3-4-6-18(17)25/h3-6,8-12,19-21,30H,2,7H2,1H3,(H,28,29). The molecule has 4 rings (SSSR count). The molecule has 2 N–H and O–H groups in total. The Labute approximate surface area is 172 Å². The third-order valence-electron chi connectivity index (χ3n) is 5.78. The molecule has 0 spiro atoms. The highest BCUT2D eigenvalue weighted by atomic mass is 19.1. The number of benzene rings is 1. The molecule has 2 aliphatic carbocycles. The van der Waals surface area contributed by atoms with Gasteiger partial charge in [0.2, 0.25) is 5.91 Å². The first-order valence-corrected chi connectivity index (χ1v) is 9.81. The van der Waals surface area contributed by atoms with Gasteiger partial charge < -0.3 is 0 Å². The fourth-order valence-corrected chi connectivity index (χ4v) is 4.24. The Morgan fingerprint density at radius 1 is 1.17 bits per heavy atom. The van der Waals surface area contributed by atoms with Crippen LogP contribution in [0.3, 0.4) is 0 Å². The number of carbonyl (C=O) groups is 1. The van der Waals surface area contributed by atoms with E-state index in [0.29, 0.717) is 17.8 Å². The van der Waals surface area contributed by atoms with Gasteiger partial charge in [-0.2, -0.15) is 0 Å². The van der Waals surface area contributed by atoms with E-state index in [2.05, 4.69) is 9.97 Å². The van der Waals surface area contributed by atoms with Gasteiger partial charge in [0.25, 0.3) is 0 Å². The van der Waals surface area contributed by atoms with E-state index < -0.39 is 17.6 Å². The minimum Gasteiger partial charge on any atom is -0.289 e. The van der Waals surface area contributed by atoms with Gasteiger partial charge in [-0.05, 0) is 30.0 Å². The van der Waals surface area contributed by atoms with Gasteiger partial charge in [0, 0.05) is 17.4 Å². The molecule has 1 aromatic heterocycles. The van der Waals surface area contributed by atoms with Gasteiger partial charge in [-0.15, -0.1) is 0 Å². The largest absolute Gasteiger partial charge is 0.289 e. The van der Waals surface area contributed by atoms with E-state index in [-0.39, 0.29) is 17.7 Å². The normalized spacial score (nSPS) is 23.1. The van der Waals surface area contributed by atoms with Crippen LogP contribution in [0.1, 0.15) is 37.1 Å². The second kappa shape index (κ2) is 8.28. The maximum absolute atomic E-state index is 14.4. The molecule has 2 aromatic rings. The summed E-state index contributed by atoms with van der Waals surface area (Å²) in [7, 11) is 0. The Morgan fingerprint density at radius 2 is 1.90 bits per heavy atom. The number of hydrogen-bond acceptors (Lipinski definition) is 4. The first kappa shape index (κ1) is 20.1. The molecule has 1 saturated carbocycles. The maximum Gasteiger partial charge on any atom is 0.247 e. The van der Waals surface area contributed by atoms with Crippen LogP contribution >= 0.6 is 0 Å². The zero-order valence-corrected chi connectivity index (χ0v) is 16.3. The van der Waals surface area contributed by atoms with E-state index in [1.165, 1.54) is 6.07 Å². The van der Waals surface area contributed by atoms with Crippen LogP contribution in [0.5, 0.6) is 0 Å². The lowest BCUT2D eigenvalue weighted by atomic mass is 10.0. The number of rotatable bonds is 5. The molecule has 1 fully saturated rings. The summed E-state index contributed by atoms with van der Waals surface area (Å²) in [6.07, 6.45) is 9.41. The van der Waals surface area contributed by atoms with Crippen molar-refractivity contribution in [1.29, 1.82) is 0 Å². The zero-order chi connectivity index (χ0) is 21.3. The molecule has 7 heteroatoms. The lowest BCUT2D eigenvalue weighted by Crippen LogP contribution is -2.22. The van der Waals surface area contributed by atoms with Gasteiger partial charge in [0.05, 0.1) is 18.3 Å². The first-order chi connectivity index (χ1) is 14.5. The van der Waals surface area contributed by atoms with Crippen LogP contribution in [-0.2, 0) is 4.79 Å². The van der Waals surface area contributed by atoms with Crippen LogP contribution < -0.4 is 5.48 Å². The average Bonchev–Trinajstić information content (AvgIpc) is 3.52. The lowest BCUT2D eigenvalue weighted by molar-refractivity contribution is -0.130. The molecule has 0 aliphatic heterocycles. The van der Waals surface area contributed by atoms with Crippen LogP contribution in [0.15, 0.2) is 66.0 Å². The summed E-state index contributed by atoms with van der Waals surface area (Å²) < 4.78 is 27.6. The number of nitrogens with one attached hydrogen (secondary N) is 1. The number of hydroxylamine groups is 1. The quantitative estimate of drug-likeness (QED) is 0.569. The zero-order valence-electron chi connectivity index (χ0n) is 16.3. The van der Waals surface area contributed by atoms with E-state index >= 15 is 0 Å². The molecule has 3 unspecified atom stereocenters. The van der Waals surface area contributed by atoms with E-state index in [1.807, 2.05) is 25.2 Å². The highest BCUT2D eigenvalue weighted by Gasteiger charge is 2.57. The molecule has 5 nitrogen and oxygen atoms in total. The summed E-state index contributed by atoms with van der Waals surface area (Å²) in [4.78, 5) is 20.4. The highest BCUT2D eigenvalue weighted by Crippen LogP contribution is 2.59. The fraction of sp³-hybridized carbons (Fsp3) is 0.261. The van der Waals surface area contributed by atoms with Gasteiger partial charge in [0.15, 0.2) is 11.6 Å². The van der Waals surface area contributed by atoms with Crippen molar-refractivity contribution in [3.05, 3.63) is 89.1 Å². The van der Waals surface area contributed by atoms with Crippen molar-refractivity contribution in [1.82, 2.24) is 15.4 Å². The smallest absolute Gasteiger partial charge is 0.247 e. The predicted molar refractivity (Wildman–Crippen MR) is 107 cm³/mol. The summed E-state index contributed by atoms with van der Waals surface area (Å²) in [6, 6.07) is 6.39. The van der Waals surface area contributed by atoms with Gasteiger partial charge in [-0.3, -0.25) is 10.0 Å². The van der Waals surface area contributed by atoms with Crippen molar-refractivity contribution in [2.75, 3.05) is 0 Å². The summed E-state index contributed by atoms with van der Waals surface area (Å²) in [5.74, 6) is -2.14. The molecule has 154 valence electrons. The number of hydrogen-bond donors (Lipinski definition) is 2.